The van der Waals surface area contributed by atoms with Gasteiger partial charge in [0.05, 0.1) is 6.54 Å². The molecule has 1 aliphatic heterocycles. The van der Waals surface area contributed by atoms with E-state index in [-0.39, 0.29) is 0 Å². The van der Waals surface area contributed by atoms with Crippen molar-refractivity contribution in [2.24, 2.45) is 10.7 Å². The summed E-state index contributed by atoms with van der Waals surface area (Å²) in [7, 11) is 0. The van der Waals surface area contributed by atoms with Gasteiger partial charge in [0.1, 0.15) is 0 Å². The highest BCUT2D eigenvalue weighted by atomic mass is 15.2. The second-order valence-electron chi connectivity index (χ2n) is 5.30. The van der Waals surface area contributed by atoms with Crippen molar-refractivity contribution >= 4 is 6.21 Å². The van der Waals surface area contributed by atoms with Crippen LogP contribution < -0.4 is 5.73 Å². The molecule has 0 spiro atoms. The maximum absolute atomic E-state index is 5.41. The van der Waals surface area contributed by atoms with Crippen LogP contribution in [0.2, 0.25) is 0 Å². The van der Waals surface area contributed by atoms with E-state index in [4.69, 9.17) is 5.73 Å². The Labute approximate surface area is 120 Å². The van der Waals surface area contributed by atoms with Crippen molar-refractivity contribution in [2.45, 2.75) is 65.8 Å². The minimum absolute atomic E-state index is 0.634. The molecule has 0 aromatic rings. The van der Waals surface area contributed by atoms with E-state index in [9.17, 15) is 0 Å². The lowest BCUT2D eigenvalue weighted by atomic mass is 10.1. The zero-order valence-corrected chi connectivity index (χ0v) is 13.4. The Bertz CT molecular complexity index is 253. The summed E-state index contributed by atoms with van der Waals surface area (Å²) in [6.45, 7) is 11.9. The summed E-state index contributed by atoms with van der Waals surface area (Å²) >= 11 is 0. The van der Waals surface area contributed by atoms with E-state index in [2.05, 4.69) is 30.7 Å². The molecule has 3 nitrogen and oxygen atoms in total. The molecule has 0 amide bonds. The minimum atomic E-state index is 0.634. The van der Waals surface area contributed by atoms with Crippen LogP contribution in [0.15, 0.2) is 16.8 Å². The fourth-order valence-electron chi connectivity index (χ4n) is 2.19. The normalized spacial score (nSPS) is 18.4. The van der Waals surface area contributed by atoms with Crippen molar-refractivity contribution < 1.29 is 0 Å². The number of nitrogens with zero attached hydrogens (tertiary/aromatic N) is 2. The van der Waals surface area contributed by atoms with Crippen molar-refractivity contribution in [1.82, 2.24) is 4.90 Å². The summed E-state index contributed by atoms with van der Waals surface area (Å²) in [4.78, 5) is 7.08. The number of hydrogen-bond acceptors (Lipinski definition) is 3. The quantitative estimate of drug-likeness (QED) is 0.747. The number of likely N-dealkylation sites (tertiary alicyclic amines) is 1. The zero-order chi connectivity index (χ0) is 14.5. The van der Waals surface area contributed by atoms with Gasteiger partial charge in [-0.2, -0.15) is 0 Å². The van der Waals surface area contributed by atoms with Crippen LogP contribution in [-0.4, -0.2) is 36.8 Å². The first kappa shape index (κ1) is 18.2. The second-order valence-corrected chi connectivity index (χ2v) is 5.30. The lowest BCUT2D eigenvalue weighted by Gasteiger charge is -2.25. The molecule has 0 bridgehead atoms. The molecule has 19 heavy (non-hydrogen) atoms. The van der Waals surface area contributed by atoms with Crippen LogP contribution in [0.3, 0.4) is 0 Å². The summed E-state index contributed by atoms with van der Waals surface area (Å²) in [5, 5.41) is 0. The molecule has 112 valence electrons. The van der Waals surface area contributed by atoms with Gasteiger partial charge >= 0.3 is 0 Å². The highest BCUT2D eigenvalue weighted by Gasteiger charge is 2.20. The number of hydrogen-bond donors (Lipinski definition) is 1. The molecule has 2 N–H and O–H groups in total. The molecular weight excluding hydrogens is 234 g/mol. The number of allylic oxidation sites excluding steroid dienone is 1. The molecule has 1 heterocycles. The van der Waals surface area contributed by atoms with E-state index < -0.39 is 0 Å². The monoisotopic (exact) mass is 267 g/mol. The van der Waals surface area contributed by atoms with E-state index in [1.165, 1.54) is 45.2 Å². The third-order valence-corrected chi connectivity index (χ3v) is 3.15. The molecule has 0 radical (unpaired) electrons. The topological polar surface area (TPSA) is 41.6 Å². The van der Waals surface area contributed by atoms with Gasteiger partial charge in [-0.05, 0) is 51.0 Å². The fraction of sp³-hybridized carbons (Fsp3) is 0.812. The van der Waals surface area contributed by atoms with E-state index in [1.54, 1.807) is 6.20 Å². The Hall–Kier alpha value is -0.830. The molecule has 1 unspecified atom stereocenters. The molecule has 1 fully saturated rings. The molecular formula is C16H33N3. The molecule has 1 rings (SSSR count). The van der Waals surface area contributed by atoms with Gasteiger partial charge in [0.25, 0.3) is 0 Å². The van der Waals surface area contributed by atoms with Crippen molar-refractivity contribution in [1.29, 1.82) is 0 Å². The van der Waals surface area contributed by atoms with Crippen LogP contribution in [-0.2, 0) is 0 Å². The van der Waals surface area contributed by atoms with Crippen LogP contribution in [0.5, 0.6) is 0 Å². The van der Waals surface area contributed by atoms with Crippen LogP contribution in [0, 0.1) is 0 Å². The smallest absolute Gasteiger partial charge is 0.0545 e. The average molecular weight is 267 g/mol. The maximum atomic E-state index is 5.41. The van der Waals surface area contributed by atoms with E-state index in [1.807, 2.05) is 13.1 Å². The van der Waals surface area contributed by atoms with E-state index >= 15 is 0 Å². The summed E-state index contributed by atoms with van der Waals surface area (Å²) in [6, 6.07) is 0.634. The summed E-state index contributed by atoms with van der Waals surface area (Å²) in [5.74, 6) is 0. The molecule has 0 aliphatic carbocycles. The molecule has 1 aliphatic rings. The predicted octanol–water partition coefficient (Wildman–Crippen LogP) is 3.60. The number of nitrogens with two attached hydrogens (primary N) is 1. The largest absolute Gasteiger partial charge is 0.404 e. The van der Waals surface area contributed by atoms with Crippen molar-refractivity contribution in [3.05, 3.63) is 11.8 Å². The first-order valence-corrected chi connectivity index (χ1v) is 7.81. The van der Waals surface area contributed by atoms with Crippen LogP contribution in [0.4, 0.5) is 0 Å². The van der Waals surface area contributed by atoms with Gasteiger partial charge in [0.2, 0.25) is 0 Å². The molecule has 0 aromatic carbocycles. The lowest BCUT2D eigenvalue weighted by Crippen LogP contribution is -2.35. The molecule has 0 saturated carbocycles. The van der Waals surface area contributed by atoms with Crippen LogP contribution in [0.1, 0.15) is 59.8 Å². The maximum Gasteiger partial charge on any atom is 0.0545 e. The molecule has 1 atom stereocenters. The third kappa shape index (κ3) is 8.82. The van der Waals surface area contributed by atoms with Gasteiger partial charge in [-0.15, -0.1) is 0 Å². The Balaban J connectivity index is 0.000000982. The van der Waals surface area contributed by atoms with Gasteiger partial charge in [0, 0.05) is 12.3 Å². The van der Waals surface area contributed by atoms with Crippen LogP contribution in [0.25, 0.3) is 0 Å². The first-order chi connectivity index (χ1) is 9.19. The average Bonchev–Trinajstić information content (AvgIpc) is 2.92. The van der Waals surface area contributed by atoms with Gasteiger partial charge < -0.3 is 5.73 Å². The standard InChI is InChI=1S/C13H25N3.C3H8/c1-3-6-13(16-7-4-5-8-16)11-15-10-12(2)9-14;1-3-2/h9-10,13H,3-8,11,14H2,1-2H3;3H2,1-2H3/b12-9-,15-10?;. The Kier molecular flexibility index (Phi) is 11.7. The third-order valence-electron chi connectivity index (χ3n) is 3.15. The van der Waals surface area contributed by atoms with Gasteiger partial charge in [-0.25, -0.2) is 0 Å². The zero-order valence-electron chi connectivity index (χ0n) is 13.4. The predicted molar refractivity (Wildman–Crippen MR) is 86.8 cm³/mol. The van der Waals surface area contributed by atoms with Crippen molar-refractivity contribution in [2.75, 3.05) is 19.6 Å². The molecule has 3 heteroatoms. The Morgan fingerprint density at radius 3 is 2.32 bits per heavy atom. The fourth-order valence-corrected chi connectivity index (χ4v) is 2.19. The van der Waals surface area contributed by atoms with Crippen molar-refractivity contribution in [3.8, 4) is 0 Å². The van der Waals surface area contributed by atoms with Crippen molar-refractivity contribution in [3.63, 3.8) is 0 Å². The SMILES string of the molecule is CCC.CCCC(CN=C/C(C)=C\N)N1CCCC1. The van der Waals surface area contributed by atoms with Gasteiger partial charge in [-0.3, -0.25) is 9.89 Å². The second kappa shape index (κ2) is 12.2. The minimum Gasteiger partial charge on any atom is -0.404 e. The number of aliphatic imine (C=N–C) groups is 1. The van der Waals surface area contributed by atoms with Gasteiger partial charge in [0.15, 0.2) is 0 Å². The van der Waals surface area contributed by atoms with E-state index in [0.29, 0.717) is 6.04 Å². The Morgan fingerprint density at radius 2 is 1.84 bits per heavy atom. The highest BCUT2D eigenvalue weighted by Crippen LogP contribution is 2.15. The van der Waals surface area contributed by atoms with E-state index in [0.717, 1.165) is 12.1 Å². The van der Waals surface area contributed by atoms with Crippen LogP contribution >= 0.6 is 0 Å². The summed E-state index contributed by atoms with van der Waals surface area (Å²) in [6.07, 6.45) is 9.94. The molecule has 0 aromatic heterocycles. The number of rotatable bonds is 6. The Morgan fingerprint density at radius 1 is 1.26 bits per heavy atom. The summed E-state index contributed by atoms with van der Waals surface area (Å²) in [5.41, 5.74) is 6.44. The molecule has 1 saturated heterocycles. The van der Waals surface area contributed by atoms with Gasteiger partial charge in [-0.1, -0.05) is 33.6 Å². The lowest BCUT2D eigenvalue weighted by molar-refractivity contribution is 0.235. The first-order valence-electron chi connectivity index (χ1n) is 7.81. The summed E-state index contributed by atoms with van der Waals surface area (Å²) < 4.78 is 0. The highest BCUT2D eigenvalue weighted by molar-refractivity contribution is 5.77.